The largest absolute Gasteiger partial charge is 0.465 e. The zero-order chi connectivity index (χ0) is 11.5. The van der Waals surface area contributed by atoms with Crippen LogP contribution >= 0.6 is 11.8 Å². The molecule has 2 rings (SSSR count). The lowest BCUT2D eigenvalue weighted by molar-refractivity contribution is 0.0455. The molecule has 1 fully saturated rings. The van der Waals surface area contributed by atoms with Crippen molar-refractivity contribution in [2.24, 2.45) is 0 Å². The van der Waals surface area contributed by atoms with Gasteiger partial charge in [0, 0.05) is 10.6 Å². The predicted octanol–water partition coefficient (Wildman–Crippen LogP) is 1.55. The van der Waals surface area contributed by atoms with Crippen molar-refractivity contribution >= 4 is 23.4 Å². The van der Waals surface area contributed by atoms with Gasteiger partial charge in [-0.3, -0.25) is 0 Å². The maximum absolute atomic E-state index is 11.3. The Balaban J connectivity index is 2.17. The highest BCUT2D eigenvalue weighted by atomic mass is 32.2. The van der Waals surface area contributed by atoms with Crippen molar-refractivity contribution in [3.05, 3.63) is 23.8 Å². The summed E-state index contributed by atoms with van der Waals surface area (Å²) in [6, 6.07) is 5.17. The molecule has 1 aromatic carbocycles. The lowest BCUT2D eigenvalue weighted by Crippen LogP contribution is -2.30. The molecule has 0 radical (unpaired) electrons. The summed E-state index contributed by atoms with van der Waals surface area (Å²) in [6.45, 7) is 1.49. The van der Waals surface area contributed by atoms with E-state index in [1.165, 1.54) is 7.11 Å². The van der Waals surface area contributed by atoms with Crippen LogP contribution in [0.1, 0.15) is 10.4 Å². The van der Waals surface area contributed by atoms with Crippen molar-refractivity contribution in [1.29, 1.82) is 0 Å². The van der Waals surface area contributed by atoms with Crippen molar-refractivity contribution < 1.29 is 14.3 Å². The lowest BCUT2D eigenvalue weighted by Gasteiger charge is -2.25. The van der Waals surface area contributed by atoms with E-state index >= 15 is 0 Å². The van der Waals surface area contributed by atoms with E-state index in [1.54, 1.807) is 30.0 Å². The number of carbonyl (C=O) groups is 1. The van der Waals surface area contributed by atoms with Gasteiger partial charge < -0.3 is 15.2 Å². The predicted molar refractivity (Wildman–Crippen MR) is 62.7 cm³/mol. The van der Waals surface area contributed by atoms with Gasteiger partial charge in [-0.2, -0.15) is 0 Å². The number of thioether (sulfide) groups is 1. The molecule has 1 aliphatic rings. The van der Waals surface area contributed by atoms with Crippen molar-refractivity contribution in [1.82, 2.24) is 0 Å². The number of carbonyl (C=O) groups excluding carboxylic acids is 1. The summed E-state index contributed by atoms with van der Waals surface area (Å²) in [7, 11) is 1.37. The molecule has 0 aliphatic carbocycles. The fourth-order valence-electron chi connectivity index (χ4n) is 1.34. The second-order valence-corrected chi connectivity index (χ2v) is 4.86. The van der Waals surface area contributed by atoms with Crippen LogP contribution in [0.3, 0.4) is 0 Å². The molecule has 0 saturated carbocycles. The highest BCUT2D eigenvalue weighted by Crippen LogP contribution is 2.32. The molecule has 1 aromatic rings. The SMILES string of the molecule is COC(=O)c1ccc(N)c(SC2COC2)c1. The van der Waals surface area contributed by atoms with E-state index in [-0.39, 0.29) is 5.97 Å². The number of nitrogen functional groups attached to an aromatic ring is 1. The molecule has 1 heterocycles. The van der Waals surface area contributed by atoms with Crippen molar-refractivity contribution in [2.45, 2.75) is 10.1 Å². The number of hydrogen-bond acceptors (Lipinski definition) is 5. The maximum Gasteiger partial charge on any atom is 0.337 e. The number of nitrogens with two attached hydrogens (primary N) is 1. The number of methoxy groups -OCH3 is 1. The molecule has 2 N–H and O–H groups in total. The molecule has 1 aliphatic heterocycles. The summed E-state index contributed by atoms with van der Waals surface area (Å²) >= 11 is 1.64. The minimum Gasteiger partial charge on any atom is -0.465 e. The van der Waals surface area contributed by atoms with Crippen LogP contribution in [0.4, 0.5) is 5.69 Å². The highest BCUT2D eigenvalue weighted by molar-refractivity contribution is 8.00. The summed E-state index contributed by atoms with van der Waals surface area (Å²) in [5, 5.41) is 0.440. The Bertz CT molecular complexity index is 404. The van der Waals surface area contributed by atoms with Crippen LogP contribution in [0.2, 0.25) is 0 Å². The highest BCUT2D eigenvalue weighted by Gasteiger charge is 2.21. The van der Waals surface area contributed by atoms with Crippen LogP contribution in [0.25, 0.3) is 0 Å². The maximum atomic E-state index is 11.3. The molecule has 0 bridgehead atoms. The van der Waals surface area contributed by atoms with Crippen LogP contribution in [-0.2, 0) is 9.47 Å². The second kappa shape index (κ2) is 4.76. The zero-order valence-electron chi connectivity index (χ0n) is 8.93. The first kappa shape index (κ1) is 11.3. The second-order valence-electron chi connectivity index (χ2n) is 3.52. The smallest absolute Gasteiger partial charge is 0.337 e. The van der Waals surface area contributed by atoms with Crippen LogP contribution in [0.5, 0.6) is 0 Å². The van der Waals surface area contributed by atoms with Gasteiger partial charge in [-0.25, -0.2) is 4.79 Å². The Morgan fingerprint density at radius 1 is 1.56 bits per heavy atom. The molecule has 0 unspecified atom stereocenters. The van der Waals surface area contributed by atoms with Gasteiger partial charge in [0.05, 0.1) is 31.1 Å². The fourth-order valence-corrected chi connectivity index (χ4v) is 2.43. The Kier molecular flexibility index (Phi) is 3.36. The van der Waals surface area contributed by atoms with Crippen LogP contribution in [-0.4, -0.2) is 31.5 Å². The molecule has 0 spiro atoms. The Morgan fingerprint density at radius 2 is 2.31 bits per heavy atom. The third-order valence-electron chi connectivity index (χ3n) is 2.34. The van der Waals surface area contributed by atoms with Gasteiger partial charge in [0.25, 0.3) is 0 Å². The van der Waals surface area contributed by atoms with Crippen molar-refractivity contribution in [2.75, 3.05) is 26.1 Å². The number of rotatable bonds is 3. The number of hydrogen-bond donors (Lipinski definition) is 1. The summed E-state index contributed by atoms with van der Waals surface area (Å²) in [6.07, 6.45) is 0. The third kappa shape index (κ3) is 2.31. The lowest BCUT2D eigenvalue weighted by atomic mass is 10.2. The van der Waals surface area contributed by atoms with Gasteiger partial charge in [0.2, 0.25) is 0 Å². The molecule has 5 heteroatoms. The molecule has 16 heavy (non-hydrogen) atoms. The molecular formula is C11H13NO3S. The van der Waals surface area contributed by atoms with Gasteiger partial charge in [0.1, 0.15) is 0 Å². The summed E-state index contributed by atoms with van der Waals surface area (Å²) in [4.78, 5) is 12.3. The minimum absolute atomic E-state index is 0.341. The normalized spacial score (nSPS) is 15.6. The van der Waals surface area contributed by atoms with Crippen molar-refractivity contribution in [3.8, 4) is 0 Å². The molecule has 86 valence electrons. The third-order valence-corrected chi connectivity index (χ3v) is 3.55. The monoisotopic (exact) mass is 239 g/mol. The molecule has 0 atom stereocenters. The van der Waals surface area contributed by atoms with Crippen molar-refractivity contribution in [3.63, 3.8) is 0 Å². The molecule has 0 amide bonds. The molecule has 4 nitrogen and oxygen atoms in total. The summed E-state index contributed by atoms with van der Waals surface area (Å²) in [5.74, 6) is -0.341. The van der Waals surface area contributed by atoms with E-state index in [2.05, 4.69) is 4.74 Å². The average molecular weight is 239 g/mol. The van der Waals surface area contributed by atoms with E-state index in [0.717, 1.165) is 18.1 Å². The fraction of sp³-hybridized carbons (Fsp3) is 0.364. The summed E-state index contributed by atoms with van der Waals surface area (Å²) < 4.78 is 9.76. The topological polar surface area (TPSA) is 61.5 Å². The van der Waals surface area contributed by atoms with Gasteiger partial charge in [0.15, 0.2) is 0 Å². The number of anilines is 1. The van der Waals surface area contributed by atoms with Crippen LogP contribution in [0.15, 0.2) is 23.1 Å². The number of esters is 1. The van der Waals surface area contributed by atoms with E-state index in [4.69, 9.17) is 10.5 Å². The van der Waals surface area contributed by atoms with Gasteiger partial charge in [-0.05, 0) is 18.2 Å². The van der Waals surface area contributed by atoms with Crippen LogP contribution < -0.4 is 5.73 Å². The van der Waals surface area contributed by atoms with E-state index in [9.17, 15) is 4.79 Å². The van der Waals surface area contributed by atoms with Gasteiger partial charge >= 0.3 is 5.97 Å². The minimum atomic E-state index is -0.341. The number of benzene rings is 1. The van der Waals surface area contributed by atoms with Gasteiger partial charge in [-0.1, -0.05) is 0 Å². The first-order valence-electron chi connectivity index (χ1n) is 4.93. The van der Waals surface area contributed by atoms with E-state index < -0.39 is 0 Å². The molecule has 0 aromatic heterocycles. The quantitative estimate of drug-likeness (QED) is 0.640. The van der Waals surface area contributed by atoms with E-state index in [0.29, 0.717) is 16.5 Å². The Labute approximate surface area is 98.1 Å². The van der Waals surface area contributed by atoms with E-state index in [1.807, 2.05) is 0 Å². The Hall–Kier alpha value is -1.20. The Morgan fingerprint density at radius 3 is 2.88 bits per heavy atom. The average Bonchev–Trinajstić information content (AvgIpc) is 2.24. The van der Waals surface area contributed by atoms with Crippen LogP contribution in [0, 0.1) is 0 Å². The number of ether oxygens (including phenoxy) is 2. The molecule has 1 saturated heterocycles. The first-order chi connectivity index (χ1) is 7.70. The first-order valence-corrected chi connectivity index (χ1v) is 5.81. The zero-order valence-corrected chi connectivity index (χ0v) is 9.75. The summed E-state index contributed by atoms with van der Waals surface area (Å²) in [5.41, 5.74) is 7.06. The van der Waals surface area contributed by atoms with Gasteiger partial charge in [-0.15, -0.1) is 11.8 Å². The molecular weight excluding hydrogens is 226 g/mol. The standard InChI is InChI=1S/C11H13NO3S/c1-14-11(13)7-2-3-9(12)10(4-7)16-8-5-15-6-8/h2-4,8H,5-6,12H2,1H3.